The molecule has 2 aromatic heterocycles. The second-order valence-electron chi connectivity index (χ2n) is 8.00. The Morgan fingerprint density at radius 3 is 2.59 bits per heavy atom. The number of anilines is 1. The molecule has 2 heterocycles. The molecule has 10 heteroatoms. The predicted molar refractivity (Wildman–Crippen MR) is 127 cm³/mol. The SMILES string of the molecule is CCn1c(=O)c2c(nc(NC3CCCC3)n2Cc2ccc(OC)c(Br)c2)n(CCO)c1=O. The van der Waals surface area contributed by atoms with Crippen molar-refractivity contribution in [2.75, 3.05) is 19.0 Å². The summed E-state index contributed by atoms with van der Waals surface area (Å²) in [7, 11) is 1.61. The van der Waals surface area contributed by atoms with Gasteiger partial charge < -0.3 is 15.2 Å². The molecule has 0 amide bonds. The van der Waals surface area contributed by atoms with Gasteiger partial charge in [-0.2, -0.15) is 4.98 Å². The molecule has 9 nitrogen and oxygen atoms in total. The lowest BCUT2D eigenvalue weighted by molar-refractivity contribution is 0.274. The first-order valence-electron chi connectivity index (χ1n) is 10.9. The number of nitrogens with one attached hydrogen (secondary N) is 1. The van der Waals surface area contributed by atoms with Crippen LogP contribution in [0.1, 0.15) is 38.2 Å². The summed E-state index contributed by atoms with van der Waals surface area (Å²) in [6, 6.07) is 6.04. The van der Waals surface area contributed by atoms with E-state index in [2.05, 4.69) is 21.2 Å². The van der Waals surface area contributed by atoms with Crippen molar-refractivity contribution in [2.24, 2.45) is 0 Å². The summed E-state index contributed by atoms with van der Waals surface area (Å²) < 4.78 is 10.6. The number of imidazole rings is 1. The highest BCUT2D eigenvalue weighted by atomic mass is 79.9. The van der Waals surface area contributed by atoms with E-state index >= 15 is 0 Å². The Kier molecular flexibility index (Phi) is 6.71. The number of hydrogen-bond acceptors (Lipinski definition) is 6. The molecule has 0 atom stereocenters. The third-order valence-electron chi connectivity index (χ3n) is 6.00. The number of aliphatic hydroxyl groups is 1. The maximum atomic E-state index is 13.3. The fourth-order valence-electron chi connectivity index (χ4n) is 4.38. The van der Waals surface area contributed by atoms with E-state index in [1.54, 1.807) is 14.0 Å². The Bertz CT molecular complexity index is 1240. The van der Waals surface area contributed by atoms with Gasteiger partial charge in [0, 0.05) is 12.6 Å². The summed E-state index contributed by atoms with van der Waals surface area (Å²) in [5, 5.41) is 13.0. The molecule has 32 heavy (non-hydrogen) atoms. The maximum absolute atomic E-state index is 13.3. The monoisotopic (exact) mass is 505 g/mol. The molecule has 1 fully saturated rings. The van der Waals surface area contributed by atoms with Crippen molar-refractivity contribution >= 4 is 33.0 Å². The molecule has 0 radical (unpaired) electrons. The van der Waals surface area contributed by atoms with Crippen molar-refractivity contribution in [3.8, 4) is 5.75 Å². The molecule has 1 saturated carbocycles. The molecule has 4 rings (SSSR count). The highest BCUT2D eigenvalue weighted by Crippen LogP contribution is 2.28. The average molecular weight is 506 g/mol. The second-order valence-corrected chi connectivity index (χ2v) is 8.85. The van der Waals surface area contributed by atoms with E-state index in [0.29, 0.717) is 23.7 Å². The average Bonchev–Trinajstić information content (AvgIpc) is 3.40. The first-order valence-corrected chi connectivity index (χ1v) is 11.7. The topological polar surface area (TPSA) is 103 Å². The van der Waals surface area contributed by atoms with Crippen LogP contribution in [0.15, 0.2) is 32.3 Å². The molecule has 0 bridgehead atoms. The Morgan fingerprint density at radius 2 is 1.97 bits per heavy atom. The van der Waals surface area contributed by atoms with Gasteiger partial charge in [0.25, 0.3) is 5.56 Å². The number of aliphatic hydroxyl groups excluding tert-OH is 1. The number of benzene rings is 1. The van der Waals surface area contributed by atoms with Crippen LogP contribution in [-0.2, 0) is 19.6 Å². The van der Waals surface area contributed by atoms with Crippen molar-refractivity contribution < 1.29 is 9.84 Å². The van der Waals surface area contributed by atoms with Gasteiger partial charge in [-0.1, -0.05) is 18.9 Å². The van der Waals surface area contributed by atoms with E-state index in [-0.39, 0.29) is 31.3 Å². The zero-order valence-corrected chi connectivity index (χ0v) is 19.9. The summed E-state index contributed by atoms with van der Waals surface area (Å²) in [5.41, 5.74) is 0.775. The number of fused-ring (bicyclic) bond motifs is 1. The van der Waals surface area contributed by atoms with Gasteiger partial charge in [0.1, 0.15) is 5.75 Å². The quantitative estimate of drug-likeness (QED) is 0.487. The normalized spacial score (nSPS) is 14.4. The Morgan fingerprint density at radius 1 is 1.22 bits per heavy atom. The van der Waals surface area contributed by atoms with E-state index in [9.17, 15) is 14.7 Å². The van der Waals surface area contributed by atoms with Crippen molar-refractivity contribution in [3.05, 3.63) is 49.1 Å². The molecule has 1 aliphatic rings. The minimum absolute atomic E-state index is 0.0730. The summed E-state index contributed by atoms with van der Waals surface area (Å²) in [6.07, 6.45) is 4.39. The summed E-state index contributed by atoms with van der Waals surface area (Å²) in [5.74, 6) is 1.29. The minimum atomic E-state index is -0.455. The van der Waals surface area contributed by atoms with Crippen LogP contribution in [0.3, 0.4) is 0 Å². The molecule has 0 unspecified atom stereocenters. The lowest BCUT2D eigenvalue weighted by atomic mass is 10.2. The lowest BCUT2D eigenvalue weighted by Crippen LogP contribution is -2.40. The molecule has 0 aliphatic heterocycles. The largest absolute Gasteiger partial charge is 0.496 e. The third-order valence-corrected chi connectivity index (χ3v) is 6.62. The first kappa shape index (κ1) is 22.6. The van der Waals surface area contributed by atoms with E-state index < -0.39 is 5.69 Å². The predicted octanol–water partition coefficient (Wildman–Crippen LogP) is 2.55. The number of hydrogen-bond donors (Lipinski definition) is 2. The van der Waals surface area contributed by atoms with Gasteiger partial charge in [0.15, 0.2) is 11.2 Å². The second kappa shape index (κ2) is 9.50. The fourth-order valence-corrected chi connectivity index (χ4v) is 4.97. The van der Waals surface area contributed by atoms with Gasteiger partial charge >= 0.3 is 5.69 Å². The van der Waals surface area contributed by atoms with Crippen LogP contribution in [0.4, 0.5) is 5.95 Å². The van der Waals surface area contributed by atoms with Crippen LogP contribution in [0, 0.1) is 0 Å². The van der Waals surface area contributed by atoms with Crippen molar-refractivity contribution in [2.45, 2.75) is 58.3 Å². The van der Waals surface area contributed by atoms with Crippen molar-refractivity contribution in [3.63, 3.8) is 0 Å². The van der Waals surface area contributed by atoms with Gasteiger partial charge in [-0.3, -0.25) is 18.5 Å². The summed E-state index contributed by atoms with van der Waals surface area (Å²) in [4.78, 5) is 30.9. The van der Waals surface area contributed by atoms with Crippen LogP contribution in [0.5, 0.6) is 5.75 Å². The summed E-state index contributed by atoms with van der Waals surface area (Å²) >= 11 is 3.53. The molecular formula is C22H28BrN5O4. The Hall–Kier alpha value is -2.59. The molecule has 1 aliphatic carbocycles. The fraction of sp³-hybridized carbons (Fsp3) is 0.500. The Balaban J connectivity index is 1.92. The first-order chi connectivity index (χ1) is 15.5. The Labute approximate surface area is 193 Å². The highest BCUT2D eigenvalue weighted by Gasteiger charge is 2.24. The van der Waals surface area contributed by atoms with Crippen LogP contribution >= 0.6 is 15.9 Å². The number of nitrogens with zero attached hydrogens (tertiary/aromatic N) is 4. The van der Waals surface area contributed by atoms with Crippen molar-refractivity contribution in [1.82, 2.24) is 18.7 Å². The summed E-state index contributed by atoms with van der Waals surface area (Å²) in [6.45, 7) is 2.25. The zero-order valence-electron chi connectivity index (χ0n) is 18.3. The van der Waals surface area contributed by atoms with Crippen LogP contribution in [0.25, 0.3) is 11.2 Å². The molecule has 1 aromatic carbocycles. The van der Waals surface area contributed by atoms with Crippen LogP contribution < -0.4 is 21.3 Å². The molecule has 2 N–H and O–H groups in total. The van der Waals surface area contributed by atoms with Gasteiger partial charge in [-0.15, -0.1) is 0 Å². The lowest BCUT2D eigenvalue weighted by Gasteiger charge is -2.16. The van der Waals surface area contributed by atoms with Crippen molar-refractivity contribution in [1.29, 1.82) is 0 Å². The number of ether oxygens (including phenoxy) is 1. The van der Waals surface area contributed by atoms with Gasteiger partial charge in [0.05, 0.1) is 31.3 Å². The number of halogens is 1. The van der Waals surface area contributed by atoms with E-state index in [0.717, 1.165) is 41.5 Å². The van der Waals surface area contributed by atoms with Crippen LogP contribution in [-0.4, -0.2) is 43.6 Å². The minimum Gasteiger partial charge on any atom is -0.496 e. The maximum Gasteiger partial charge on any atom is 0.332 e. The molecule has 0 spiro atoms. The number of aromatic nitrogens is 4. The standard InChI is InChI=1S/C22H28BrN5O4/c1-3-26-20(30)18-19(27(10-11-29)22(26)31)25-21(24-15-6-4-5-7-15)28(18)13-14-8-9-17(32-2)16(23)12-14/h8-9,12,15,29H,3-7,10-11,13H2,1-2H3,(H,24,25). The molecular weight excluding hydrogens is 478 g/mol. The molecule has 172 valence electrons. The van der Waals surface area contributed by atoms with E-state index in [4.69, 9.17) is 9.72 Å². The zero-order chi connectivity index (χ0) is 22.8. The smallest absolute Gasteiger partial charge is 0.332 e. The third kappa shape index (κ3) is 4.09. The van der Waals surface area contributed by atoms with Crippen LogP contribution in [0.2, 0.25) is 0 Å². The van der Waals surface area contributed by atoms with E-state index in [1.165, 1.54) is 9.13 Å². The van der Waals surface area contributed by atoms with Gasteiger partial charge in [-0.05, 0) is 53.4 Å². The molecule has 3 aromatic rings. The van der Waals surface area contributed by atoms with E-state index in [1.807, 2.05) is 22.8 Å². The number of methoxy groups -OCH3 is 1. The highest BCUT2D eigenvalue weighted by molar-refractivity contribution is 9.10. The van der Waals surface area contributed by atoms with Gasteiger partial charge in [-0.25, -0.2) is 4.79 Å². The molecule has 0 saturated heterocycles. The number of rotatable bonds is 8. The van der Waals surface area contributed by atoms with Gasteiger partial charge in [0.2, 0.25) is 5.95 Å².